The summed E-state index contributed by atoms with van der Waals surface area (Å²) in [6, 6.07) is 12.2. The van der Waals surface area contributed by atoms with Crippen LogP contribution in [0.3, 0.4) is 0 Å². The topological polar surface area (TPSA) is 43.6 Å². The number of hydrogen-bond acceptors (Lipinski definition) is 4. The molecule has 0 N–H and O–H groups in total. The fraction of sp³-hybridized carbons (Fsp3) is 0.278. The molecule has 0 aliphatic heterocycles. The predicted octanol–water partition coefficient (Wildman–Crippen LogP) is 4.90. The number of thiophene rings is 1. The number of aryl methyl sites for hydroxylation is 1. The maximum absolute atomic E-state index is 4.83. The van der Waals surface area contributed by atoms with Gasteiger partial charge in [0.15, 0.2) is 17.1 Å². The minimum absolute atomic E-state index is 0.739. The van der Waals surface area contributed by atoms with Crippen LogP contribution < -0.4 is 0 Å². The third-order valence-electron chi connectivity index (χ3n) is 3.98. The van der Waals surface area contributed by atoms with Crippen molar-refractivity contribution >= 4 is 33.7 Å². The van der Waals surface area contributed by atoms with Crippen molar-refractivity contribution in [2.24, 2.45) is 0 Å². The van der Waals surface area contributed by atoms with Gasteiger partial charge in [-0.15, -0.1) is 11.3 Å². The number of rotatable bonds is 5. The lowest BCUT2D eigenvalue weighted by Gasteiger charge is -2.07. The van der Waals surface area contributed by atoms with Crippen LogP contribution in [-0.4, -0.2) is 19.5 Å². The van der Waals surface area contributed by atoms with Gasteiger partial charge in [0.05, 0.1) is 15.9 Å². The number of aromatic nitrogens is 4. The lowest BCUT2D eigenvalue weighted by atomic mass is 10.2. The molecular formula is C18H18N4S. The van der Waals surface area contributed by atoms with Gasteiger partial charge in [-0.3, -0.25) is 0 Å². The summed E-state index contributed by atoms with van der Waals surface area (Å²) < 4.78 is 2.23. The highest BCUT2D eigenvalue weighted by molar-refractivity contribution is 7.13. The molecule has 5 heteroatoms. The van der Waals surface area contributed by atoms with Gasteiger partial charge < -0.3 is 4.57 Å². The number of fused-ring (bicyclic) bond motifs is 2. The van der Waals surface area contributed by atoms with Crippen LogP contribution in [0.2, 0.25) is 0 Å². The van der Waals surface area contributed by atoms with Crippen molar-refractivity contribution in [3.63, 3.8) is 0 Å². The second-order valence-electron chi connectivity index (χ2n) is 5.63. The van der Waals surface area contributed by atoms with Crippen molar-refractivity contribution in [3.8, 4) is 10.7 Å². The molecule has 116 valence electrons. The van der Waals surface area contributed by atoms with Crippen LogP contribution in [-0.2, 0) is 6.54 Å². The van der Waals surface area contributed by atoms with E-state index in [1.807, 2.05) is 24.3 Å². The standard InChI is InChI=1S/C18H18N4S/c1-2-3-6-11-22-17(15-10-7-12-23-15)21-16-18(22)20-14-9-5-4-8-13(14)19-16/h4-5,7-10,12H,2-3,6,11H2,1H3. The van der Waals surface area contributed by atoms with Crippen LogP contribution in [0.4, 0.5) is 0 Å². The second kappa shape index (κ2) is 6.08. The highest BCUT2D eigenvalue weighted by Gasteiger charge is 2.16. The van der Waals surface area contributed by atoms with Crippen LogP contribution in [0.5, 0.6) is 0 Å². The molecular weight excluding hydrogens is 304 g/mol. The molecule has 3 heterocycles. The number of imidazole rings is 1. The lowest BCUT2D eigenvalue weighted by molar-refractivity contribution is 0.615. The van der Waals surface area contributed by atoms with Crippen molar-refractivity contribution in [2.45, 2.75) is 32.7 Å². The average Bonchev–Trinajstić information content (AvgIpc) is 3.21. The third kappa shape index (κ3) is 2.61. The van der Waals surface area contributed by atoms with Crippen LogP contribution >= 0.6 is 11.3 Å². The summed E-state index contributed by atoms with van der Waals surface area (Å²) in [7, 11) is 0. The quantitative estimate of drug-likeness (QED) is 0.491. The third-order valence-corrected chi connectivity index (χ3v) is 4.85. The summed E-state index contributed by atoms with van der Waals surface area (Å²) in [5, 5.41) is 2.09. The monoisotopic (exact) mass is 322 g/mol. The van der Waals surface area contributed by atoms with E-state index in [2.05, 4.69) is 29.0 Å². The first-order chi connectivity index (χ1) is 11.4. The van der Waals surface area contributed by atoms with Crippen molar-refractivity contribution in [1.29, 1.82) is 0 Å². The van der Waals surface area contributed by atoms with E-state index in [4.69, 9.17) is 15.0 Å². The molecule has 3 aromatic heterocycles. The number of para-hydroxylation sites is 2. The molecule has 0 spiro atoms. The van der Waals surface area contributed by atoms with Crippen molar-refractivity contribution in [2.75, 3.05) is 0 Å². The van der Waals surface area contributed by atoms with Crippen molar-refractivity contribution in [1.82, 2.24) is 19.5 Å². The highest BCUT2D eigenvalue weighted by atomic mass is 32.1. The molecule has 4 aromatic rings. The van der Waals surface area contributed by atoms with Gasteiger partial charge in [0.25, 0.3) is 0 Å². The molecule has 4 rings (SSSR count). The van der Waals surface area contributed by atoms with E-state index in [9.17, 15) is 0 Å². The van der Waals surface area contributed by atoms with Crippen LogP contribution in [0.25, 0.3) is 33.0 Å². The van der Waals surface area contributed by atoms with E-state index < -0.39 is 0 Å². The Morgan fingerprint density at radius 1 is 0.957 bits per heavy atom. The van der Waals surface area contributed by atoms with E-state index in [-0.39, 0.29) is 0 Å². The Hall–Kier alpha value is -2.27. The van der Waals surface area contributed by atoms with Crippen LogP contribution in [0, 0.1) is 0 Å². The second-order valence-corrected chi connectivity index (χ2v) is 6.58. The van der Waals surface area contributed by atoms with Gasteiger partial charge in [-0.05, 0) is 30.0 Å². The van der Waals surface area contributed by atoms with Crippen molar-refractivity contribution in [3.05, 3.63) is 41.8 Å². The molecule has 0 bridgehead atoms. The Bertz CT molecular complexity index is 940. The number of nitrogens with zero attached hydrogens (tertiary/aromatic N) is 4. The summed E-state index contributed by atoms with van der Waals surface area (Å²) in [4.78, 5) is 15.5. The van der Waals surface area contributed by atoms with Gasteiger partial charge in [-0.25, -0.2) is 15.0 Å². The fourth-order valence-electron chi connectivity index (χ4n) is 2.82. The smallest absolute Gasteiger partial charge is 0.198 e. The Morgan fingerprint density at radius 3 is 2.52 bits per heavy atom. The Kier molecular flexibility index (Phi) is 3.79. The normalized spacial score (nSPS) is 11.5. The van der Waals surface area contributed by atoms with Gasteiger partial charge in [0.1, 0.15) is 0 Å². The summed E-state index contributed by atoms with van der Waals surface area (Å²) in [5.41, 5.74) is 3.46. The van der Waals surface area contributed by atoms with Gasteiger partial charge in [-0.2, -0.15) is 0 Å². The first kappa shape index (κ1) is 14.3. The molecule has 0 saturated carbocycles. The molecule has 4 nitrogen and oxygen atoms in total. The molecule has 23 heavy (non-hydrogen) atoms. The molecule has 0 saturated heterocycles. The van der Waals surface area contributed by atoms with Gasteiger partial charge in [0.2, 0.25) is 0 Å². The van der Waals surface area contributed by atoms with Gasteiger partial charge in [0, 0.05) is 6.54 Å². The summed E-state index contributed by atoms with van der Waals surface area (Å²) >= 11 is 1.71. The molecule has 0 atom stereocenters. The minimum Gasteiger partial charge on any atom is -0.307 e. The minimum atomic E-state index is 0.739. The highest BCUT2D eigenvalue weighted by Crippen LogP contribution is 2.28. The molecule has 0 aliphatic carbocycles. The summed E-state index contributed by atoms with van der Waals surface area (Å²) in [6.45, 7) is 3.16. The SMILES string of the molecule is CCCCCn1c(-c2cccs2)nc2nc3ccccc3nc21. The zero-order chi connectivity index (χ0) is 15.6. The van der Waals surface area contributed by atoms with E-state index in [1.54, 1.807) is 11.3 Å². The average molecular weight is 322 g/mol. The molecule has 0 fully saturated rings. The number of unbranched alkanes of at least 4 members (excludes halogenated alkanes) is 2. The van der Waals surface area contributed by atoms with Crippen LogP contribution in [0.1, 0.15) is 26.2 Å². The van der Waals surface area contributed by atoms with Gasteiger partial charge in [-0.1, -0.05) is 38.0 Å². The fourth-order valence-corrected chi connectivity index (χ4v) is 3.55. The summed E-state index contributed by atoms with van der Waals surface area (Å²) in [5.74, 6) is 0.987. The zero-order valence-electron chi connectivity index (χ0n) is 13.1. The maximum atomic E-state index is 4.83. The van der Waals surface area contributed by atoms with E-state index >= 15 is 0 Å². The number of benzene rings is 1. The van der Waals surface area contributed by atoms with E-state index in [0.717, 1.165) is 41.1 Å². The largest absolute Gasteiger partial charge is 0.307 e. The molecule has 0 radical (unpaired) electrons. The van der Waals surface area contributed by atoms with Crippen molar-refractivity contribution < 1.29 is 0 Å². The Labute approximate surface area is 138 Å². The van der Waals surface area contributed by atoms with Gasteiger partial charge >= 0.3 is 0 Å². The summed E-state index contributed by atoms with van der Waals surface area (Å²) in [6.07, 6.45) is 3.55. The Balaban J connectivity index is 1.92. The van der Waals surface area contributed by atoms with Crippen LogP contribution in [0.15, 0.2) is 41.8 Å². The molecule has 0 amide bonds. The zero-order valence-corrected chi connectivity index (χ0v) is 13.9. The molecule has 0 unspecified atom stereocenters. The number of hydrogen-bond donors (Lipinski definition) is 0. The first-order valence-corrected chi connectivity index (χ1v) is 8.91. The Morgan fingerprint density at radius 2 is 1.78 bits per heavy atom. The molecule has 1 aromatic carbocycles. The first-order valence-electron chi connectivity index (χ1n) is 8.03. The van der Waals surface area contributed by atoms with E-state index in [1.165, 1.54) is 17.7 Å². The molecule has 0 aliphatic rings. The maximum Gasteiger partial charge on any atom is 0.198 e. The predicted molar refractivity (Wildman–Crippen MR) is 95.7 cm³/mol. The lowest BCUT2D eigenvalue weighted by Crippen LogP contribution is -2.01. The van der Waals surface area contributed by atoms with E-state index in [0.29, 0.717) is 0 Å².